The van der Waals surface area contributed by atoms with Crippen LogP contribution in [0.2, 0.25) is 0 Å². The molecule has 0 aliphatic heterocycles. The second kappa shape index (κ2) is 10.8. The molecule has 0 aromatic heterocycles. The minimum Gasteiger partial charge on any atom is -0.0830 e. The third kappa shape index (κ3) is 4.74. The first-order chi connectivity index (χ1) is 21.6. The lowest BCUT2D eigenvalue weighted by Gasteiger charge is -2.21. The van der Waals surface area contributed by atoms with E-state index in [0.29, 0.717) is 5.92 Å². The largest absolute Gasteiger partial charge is 0.0830 e. The molecule has 0 saturated heterocycles. The molecular formula is C44H34. The molecule has 1 unspecified atom stereocenters. The Balaban J connectivity index is 1.26. The quantitative estimate of drug-likeness (QED) is 0.187. The maximum Gasteiger partial charge on any atom is 0.00622 e. The topological polar surface area (TPSA) is 0 Å². The van der Waals surface area contributed by atoms with Gasteiger partial charge in [-0.25, -0.2) is 0 Å². The minimum atomic E-state index is 0.298. The molecule has 1 atom stereocenters. The Morgan fingerprint density at radius 2 is 0.977 bits per heavy atom. The molecule has 0 amide bonds. The molecule has 0 radical (unpaired) electrons. The summed E-state index contributed by atoms with van der Waals surface area (Å²) in [6.45, 7) is 4.34. The van der Waals surface area contributed by atoms with Crippen LogP contribution in [0, 0.1) is 13.8 Å². The van der Waals surface area contributed by atoms with Gasteiger partial charge in [0.25, 0.3) is 0 Å². The Morgan fingerprint density at radius 3 is 1.55 bits per heavy atom. The molecule has 0 spiro atoms. The van der Waals surface area contributed by atoms with E-state index < -0.39 is 0 Å². The molecule has 44 heavy (non-hydrogen) atoms. The lowest BCUT2D eigenvalue weighted by atomic mass is 9.84. The Hall–Kier alpha value is -5.20. The molecule has 0 bridgehead atoms. The van der Waals surface area contributed by atoms with Gasteiger partial charge in [0.05, 0.1) is 0 Å². The van der Waals surface area contributed by atoms with Crippen LogP contribution in [-0.2, 0) is 0 Å². The van der Waals surface area contributed by atoms with E-state index in [9.17, 15) is 0 Å². The van der Waals surface area contributed by atoms with Crippen molar-refractivity contribution in [1.82, 2.24) is 0 Å². The molecule has 1 aliphatic carbocycles. The standard InChI is InChI=1S/C44H34/c1-29-10-7-12-31(22-29)36-25-37(32-13-8-11-30(2)23-32)27-38(26-36)34-15-9-14-33(24-34)35-20-21-43-41-18-4-3-16-39(41)40-17-5-6-19-42(40)44(43)28-35/h3-14,16-28,34H,15H2,1-2H3. The highest BCUT2D eigenvalue weighted by molar-refractivity contribution is 6.25. The Bertz CT molecular complexity index is 2180. The molecule has 8 rings (SSSR count). The van der Waals surface area contributed by atoms with Crippen LogP contribution in [0.25, 0.3) is 60.1 Å². The van der Waals surface area contributed by atoms with Crippen LogP contribution in [0.1, 0.15) is 34.6 Å². The normalized spacial score (nSPS) is 14.8. The average molecular weight is 563 g/mol. The first kappa shape index (κ1) is 26.4. The summed E-state index contributed by atoms with van der Waals surface area (Å²) in [6, 6.07) is 49.6. The molecule has 0 saturated carbocycles. The number of hydrogen-bond donors (Lipinski definition) is 0. The predicted octanol–water partition coefficient (Wildman–Crippen LogP) is 12.2. The van der Waals surface area contributed by atoms with Gasteiger partial charge in [-0.15, -0.1) is 0 Å². The molecule has 7 aromatic rings. The molecule has 0 fully saturated rings. The van der Waals surface area contributed by atoms with Crippen LogP contribution in [0.15, 0.2) is 152 Å². The first-order valence-electron chi connectivity index (χ1n) is 15.6. The summed E-state index contributed by atoms with van der Waals surface area (Å²) in [7, 11) is 0. The third-order valence-corrected chi connectivity index (χ3v) is 9.23. The zero-order valence-corrected chi connectivity index (χ0v) is 25.2. The molecule has 0 heterocycles. The molecule has 1 aliphatic rings. The predicted molar refractivity (Wildman–Crippen MR) is 190 cm³/mol. The van der Waals surface area contributed by atoms with Crippen molar-refractivity contribution in [1.29, 1.82) is 0 Å². The fraction of sp³-hybridized carbons (Fsp3) is 0.0909. The fourth-order valence-corrected chi connectivity index (χ4v) is 7.04. The maximum absolute atomic E-state index is 2.49. The lowest BCUT2D eigenvalue weighted by molar-refractivity contribution is 0.858. The third-order valence-electron chi connectivity index (χ3n) is 9.23. The lowest BCUT2D eigenvalue weighted by Crippen LogP contribution is -2.01. The number of allylic oxidation sites excluding steroid dienone is 4. The van der Waals surface area contributed by atoms with Gasteiger partial charge in [-0.2, -0.15) is 0 Å². The second-order valence-corrected chi connectivity index (χ2v) is 12.3. The zero-order chi connectivity index (χ0) is 29.6. The van der Waals surface area contributed by atoms with Crippen molar-refractivity contribution in [2.24, 2.45) is 0 Å². The van der Waals surface area contributed by atoms with Gasteiger partial charge < -0.3 is 0 Å². The zero-order valence-electron chi connectivity index (χ0n) is 25.2. The number of aryl methyl sites for hydroxylation is 2. The summed E-state index contributed by atoms with van der Waals surface area (Å²) in [5.74, 6) is 0.298. The van der Waals surface area contributed by atoms with Gasteiger partial charge >= 0.3 is 0 Å². The molecular weight excluding hydrogens is 528 g/mol. The van der Waals surface area contributed by atoms with E-state index in [4.69, 9.17) is 0 Å². The first-order valence-corrected chi connectivity index (χ1v) is 15.6. The van der Waals surface area contributed by atoms with Gasteiger partial charge in [0.1, 0.15) is 0 Å². The SMILES string of the molecule is Cc1cccc(-c2cc(-c3cccc(C)c3)cc(C3C=C(c4ccc5c6ccccc6c6ccccc6c5c4)C=CC3)c2)c1. The molecule has 7 aromatic carbocycles. The molecule has 0 nitrogen and oxygen atoms in total. The average Bonchev–Trinajstić information content (AvgIpc) is 3.08. The minimum absolute atomic E-state index is 0.298. The Morgan fingerprint density at radius 1 is 0.432 bits per heavy atom. The van der Waals surface area contributed by atoms with E-state index in [-0.39, 0.29) is 0 Å². The van der Waals surface area contributed by atoms with Gasteiger partial charge in [0, 0.05) is 5.92 Å². The molecule has 210 valence electrons. The highest BCUT2D eigenvalue weighted by Crippen LogP contribution is 2.40. The Labute approximate surface area is 259 Å². The van der Waals surface area contributed by atoms with Gasteiger partial charge in [0.2, 0.25) is 0 Å². The van der Waals surface area contributed by atoms with E-state index in [1.54, 1.807) is 0 Å². The van der Waals surface area contributed by atoms with Crippen molar-refractivity contribution in [3.8, 4) is 22.3 Å². The van der Waals surface area contributed by atoms with Crippen LogP contribution in [0.4, 0.5) is 0 Å². The van der Waals surface area contributed by atoms with Gasteiger partial charge in [0.15, 0.2) is 0 Å². The summed E-state index contributed by atoms with van der Waals surface area (Å²) in [4.78, 5) is 0. The molecule has 0 heteroatoms. The van der Waals surface area contributed by atoms with Crippen molar-refractivity contribution in [3.05, 3.63) is 174 Å². The van der Waals surface area contributed by atoms with E-state index in [1.165, 1.54) is 82.4 Å². The summed E-state index contributed by atoms with van der Waals surface area (Å²) < 4.78 is 0. The number of fused-ring (bicyclic) bond motifs is 6. The van der Waals surface area contributed by atoms with Crippen LogP contribution in [0.3, 0.4) is 0 Å². The van der Waals surface area contributed by atoms with Crippen molar-refractivity contribution in [2.75, 3.05) is 0 Å². The van der Waals surface area contributed by atoms with Gasteiger partial charge in [-0.3, -0.25) is 0 Å². The highest BCUT2D eigenvalue weighted by Gasteiger charge is 2.17. The summed E-state index contributed by atoms with van der Waals surface area (Å²) in [5, 5.41) is 7.89. The monoisotopic (exact) mass is 562 g/mol. The number of benzene rings is 7. The van der Waals surface area contributed by atoms with E-state index in [0.717, 1.165) is 6.42 Å². The smallest absolute Gasteiger partial charge is 0.00622 e. The summed E-state index contributed by atoms with van der Waals surface area (Å²) in [6.07, 6.45) is 8.15. The van der Waals surface area contributed by atoms with E-state index >= 15 is 0 Å². The fourth-order valence-electron chi connectivity index (χ4n) is 7.04. The van der Waals surface area contributed by atoms with Crippen LogP contribution < -0.4 is 0 Å². The van der Waals surface area contributed by atoms with Crippen molar-refractivity contribution >= 4 is 37.9 Å². The van der Waals surface area contributed by atoms with E-state index in [2.05, 4.69) is 166 Å². The summed E-state index contributed by atoms with van der Waals surface area (Å²) >= 11 is 0. The maximum atomic E-state index is 2.49. The van der Waals surface area contributed by atoms with Gasteiger partial charge in [-0.05, 0) is 104 Å². The molecule has 0 N–H and O–H groups in total. The highest BCUT2D eigenvalue weighted by atomic mass is 14.2. The van der Waals surface area contributed by atoms with Crippen LogP contribution in [0.5, 0.6) is 0 Å². The van der Waals surface area contributed by atoms with Crippen molar-refractivity contribution in [3.63, 3.8) is 0 Å². The number of rotatable bonds is 4. The second-order valence-electron chi connectivity index (χ2n) is 12.3. The van der Waals surface area contributed by atoms with Crippen LogP contribution in [-0.4, -0.2) is 0 Å². The van der Waals surface area contributed by atoms with Gasteiger partial charge in [-0.1, -0.05) is 151 Å². The van der Waals surface area contributed by atoms with Crippen LogP contribution >= 0.6 is 0 Å². The van der Waals surface area contributed by atoms with Crippen molar-refractivity contribution < 1.29 is 0 Å². The van der Waals surface area contributed by atoms with Crippen molar-refractivity contribution in [2.45, 2.75) is 26.2 Å². The summed E-state index contributed by atoms with van der Waals surface area (Å²) in [5.41, 5.74) is 11.6. The Kier molecular flexibility index (Phi) is 6.50. The van der Waals surface area contributed by atoms with E-state index in [1.807, 2.05) is 0 Å². The number of hydrogen-bond acceptors (Lipinski definition) is 0.